The second kappa shape index (κ2) is 6.92. The van der Waals surface area contributed by atoms with Crippen molar-refractivity contribution in [2.45, 2.75) is 45.3 Å². The third-order valence-electron chi connectivity index (χ3n) is 4.10. The Bertz CT molecular complexity index is 644. The second-order valence-electron chi connectivity index (χ2n) is 5.76. The topological polar surface area (TPSA) is 56.2 Å². The third kappa shape index (κ3) is 3.14. The van der Waals surface area contributed by atoms with Crippen LogP contribution in [0.1, 0.15) is 31.7 Å². The number of aromatic nitrogens is 2. The van der Waals surface area contributed by atoms with Crippen LogP contribution in [0.3, 0.4) is 0 Å². The van der Waals surface area contributed by atoms with E-state index in [1.807, 2.05) is 12.3 Å². The average Bonchev–Trinajstić information content (AvgIpc) is 3.17. The molecule has 1 aliphatic heterocycles. The molecule has 3 heterocycles. The van der Waals surface area contributed by atoms with Gasteiger partial charge in [0.2, 0.25) is 5.91 Å². The van der Waals surface area contributed by atoms with Crippen molar-refractivity contribution in [1.29, 1.82) is 0 Å². The van der Waals surface area contributed by atoms with Crippen LogP contribution in [0.15, 0.2) is 24.5 Å². The zero-order valence-corrected chi connectivity index (χ0v) is 13.0. The zero-order valence-electron chi connectivity index (χ0n) is 13.0. The molecule has 0 aliphatic carbocycles. The Balaban J connectivity index is 1.64. The minimum absolute atomic E-state index is 0.0212. The lowest BCUT2D eigenvalue weighted by Gasteiger charge is -2.09. The van der Waals surface area contributed by atoms with Gasteiger partial charge in [0, 0.05) is 37.5 Å². The fraction of sp³-hybridized carbons (Fsp3) is 0.529. The Morgan fingerprint density at radius 3 is 3.23 bits per heavy atom. The molecule has 3 rings (SSSR count). The molecule has 5 heteroatoms. The van der Waals surface area contributed by atoms with Crippen molar-refractivity contribution in [3.05, 3.63) is 30.1 Å². The van der Waals surface area contributed by atoms with Crippen molar-refractivity contribution < 1.29 is 9.53 Å². The molecule has 0 radical (unpaired) electrons. The Morgan fingerprint density at radius 2 is 2.45 bits per heavy atom. The number of aryl methyl sites for hydroxylation is 1. The first-order chi connectivity index (χ1) is 10.8. The Kier molecular flexibility index (Phi) is 4.73. The maximum absolute atomic E-state index is 12.0. The van der Waals surface area contributed by atoms with Gasteiger partial charge in [-0.1, -0.05) is 6.92 Å². The predicted molar refractivity (Wildman–Crippen MR) is 85.7 cm³/mol. The van der Waals surface area contributed by atoms with Crippen LogP contribution in [-0.4, -0.2) is 34.7 Å². The molecular formula is C17H23N3O2. The summed E-state index contributed by atoms with van der Waals surface area (Å²) in [7, 11) is 0. The number of fused-ring (bicyclic) bond motifs is 1. The van der Waals surface area contributed by atoms with Crippen LogP contribution in [0.5, 0.6) is 0 Å². The second-order valence-corrected chi connectivity index (χ2v) is 5.76. The summed E-state index contributed by atoms with van der Waals surface area (Å²) in [4.78, 5) is 16.4. The lowest BCUT2D eigenvalue weighted by atomic mass is 10.1. The molecule has 118 valence electrons. The minimum atomic E-state index is -0.247. The molecule has 0 saturated carbocycles. The summed E-state index contributed by atoms with van der Waals surface area (Å²) in [6, 6.07) is 4.07. The number of rotatable bonds is 6. The van der Waals surface area contributed by atoms with E-state index in [9.17, 15) is 4.79 Å². The molecule has 0 unspecified atom stereocenters. The van der Waals surface area contributed by atoms with Gasteiger partial charge in [-0.2, -0.15) is 0 Å². The van der Waals surface area contributed by atoms with Gasteiger partial charge in [0.1, 0.15) is 11.8 Å². The summed E-state index contributed by atoms with van der Waals surface area (Å²) in [5.74, 6) is 0.0212. The van der Waals surface area contributed by atoms with Crippen LogP contribution in [0.2, 0.25) is 0 Å². The monoisotopic (exact) mass is 301 g/mol. The van der Waals surface area contributed by atoms with Gasteiger partial charge in [-0.3, -0.25) is 4.79 Å². The Hall–Kier alpha value is -1.88. The molecule has 2 aromatic rings. The van der Waals surface area contributed by atoms with E-state index in [0.29, 0.717) is 13.2 Å². The SMILES string of the molecule is CCCn1cc(CCNC(=O)[C@H]2CCCO2)c2cccnc21. The van der Waals surface area contributed by atoms with Gasteiger partial charge in [0.05, 0.1) is 0 Å². The standard InChI is InChI=1S/C17H23N3O2/c1-2-10-20-12-13(14-5-3-8-18-16(14)20)7-9-19-17(21)15-6-4-11-22-15/h3,5,8,12,15H,2,4,6-7,9-11H2,1H3,(H,19,21)/t15-/m1/s1. The quantitative estimate of drug-likeness (QED) is 0.890. The molecule has 1 saturated heterocycles. The summed E-state index contributed by atoms with van der Waals surface area (Å²) in [6.45, 7) is 4.47. The number of nitrogens with one attached hydrogen (secondary N) is 1. The van der Waals surface area contributed by atoms with E-state index in [1.165, 1.54) is 10.9 Å². The molecule has 1 atom stereocenters. The average molecular weight is 301 g/mol. The van der Waals surface area contributed by atoms with Crippen molar-refractivity contribution >= 4 is 16.9 Å². The van der Waals surface area contributed by atoms with E-state index < -0.39 is 0 Å². The lowest BCUT2D eigenvalue weighted by Crippen LogP contribution is -2.35. The molecule has 0 bridgehead atoms. The lowest BCUT2D eigenvalue weighted by molar-refractivity contribution is -0.129. The highest BCUT2D eigenvalue weighted by molar-refractivity contribution is 5.82. The summed E-state index contributed by atoms with van der Waals surface area (Å²) in [6.07, 6.45) is 7.46. The number of hydrogen-bond acceptors (Lipinski definition) is 3. The van der Waals surface area contributed by atoms with Crippen molar-refractivity contribution in [2.24, 2.45) is 0 Å². The summed E-state index contributed by atoms with van der Waals surface area (Å²) >= 11 is 0. The molecular weight excluding hydrogens is 278 g/mol. The number of nitrogens with zero attached hydrogens (tertiary/aromatic N) is 2. The smallest absolute Gasteiger partial charge is 0.249 e. The Labute approximate surface area is 130 Å². The zero-order chi connectivity index (χ0) is 15.4. The van der Waals surface area contributed by atoms with Crippen LogP contribution in [0, 0.1) is 0 Å². The Morgan fingerprint density at radius 1 is 1.55 bits per heavy atom. The summed E-state index contributed by atoms with van der Waals surface area (Å²) < 4.78 is 7.60. The molecule has 2 aromatic heterocycles. The van der Waals surface area contributed by atoms with Crippen molar-refractivity contribution in [2.75, 3.05) is 13.2 Å². The maximum Gasteiger partial charge on any atom is 0.249 e. The molecule has 1 aliphatic rings. The van der Waals surface area contributed by atoms with Crippen LogP contribution in [-0.2, 0) is 22.5 Å². The third-order valence-corrected chi connectivity index (χ3v) is 4.10. The molecule has 0 aromatic carbocycles. The van der Waals surface area contributed by atoms with E-state index in [2.05, 4.69) is 34.1 Å². The first-order valence-corrected chi connectivity index (χ1v) is 8.11. The number of ether oxygens (including phenoxy) is 1. The van der Waals surface area contributed by atoms with E-state index >= 15 is 0 Å². The normalized spacial score (nSPS) is 18.0. The van der Waals surface area contributed by atoms with Crippen LogP contribution in [0.25, 0.3) is 11.0 Å². The fourth-order valence-electron chi connectivity index (χ4n) is 3.02. The minimum Gasteiger partial charge on any atom is -0.368 e. The van der Waals surface area contributed by atoms with Gasteiger partial charge in [-0.15, -0.1) is 0 Å². The van der Waals surface area contributed by atoms with Crippen LogP contribution < -0.4 is 5.32 Å². The van der Waals surface area contributed by atoms with Crippen molar-refractivity contribution in [3.8, 4) is 0 Å². The first kappa shape index (κ1) is 15.0. The highest BCUT2D eigenvalue weighted by Gasteiger charge is 2.23. The van der Waals surface area contributed by atoms with Crippen molar-refractivity contribution in [3.63, 3.8) is 0 Å². The first-order valence-electron chi connectivity index (χ1n) is 8.11. The van der Waals surface area contributed by atoms with E-state index in [0.717, 1.165) is 37.9 Å². The number of hydrogen-bond donors (Lipinski definition) is 1. The molecule has 1 amide bonds. The van der Waals surface area contributed by atoms with Gasteiger partial charge >= 0.3 is 0 Å². The van der Waals surface area contributed by atoms with Crippen LogP contribution in [0.4, 0.5) is 0 Å². The molecule has 22 heavy (non-hydrogen) atoms. The molecule has 1 fully saturated rings. The number of pyridine rings is 1. The summed E-state index contributed by atoms with van der Waals surface area (Å²) in [5, 5.41) is 4.17. The van der Waals surface area contributed by atoms with Gasteiger partial charge in [-0.25, -0.2) is 4.98 Å². The molecule has 5 nitrogen and oxygen atoms in total. The number of carbonyl (C=O) groups excluding carboxylic acids is 1. The maximum atomic E-state index is 12.0. The number of amides is 1. The number of carbonyl (C=O) groups is 1. The largest absolute Gasteiger partial charge is 0.368 e. The van der Waals surface area contributed by atoms with Gasteiger partial charge < -0.3 is 14.6 Å². The highest BCUT2D eigenvalue weighted by Crippen LogP contribution is 2.20. The molecule has 1 N–H and O–H groups in total. The van der Waals surface area contributed by atoms with E-state index in [1.54, 1.807) is 0 Å². The fourth-order valence-corrected chi connectivity index (χ4v) is 3.02. The van der Waals surface area contributed by atoms with Gasteiger partial charge in [0.25, 0.3) is 0 Å². The highest BCUT2D eigenvalue weighted by atomic mass is 16.5. The van der Waals surface area contributed by atoms with Gasteiger partial charge in [0.15, 0.2) is 0 Å². The van der Waals surface area contributed by atoms with Crippen LogP contribution >= 0.6 is 0 Å². The van der Waals surface area contributed by atoms with Crippen molar-refractivity contribution in [1.82, 2.24) is 14.9 Å². The van der Waals surface area contributed by atoms with E-state index in [-0.39, 0.29) is 12.0 Å². The molecule has 0 spiro atoms. The van der Waals surface area contributed by atoms with Gasteiger partial charge in [-0.05, 0) is 43.4 Å². The summed E-state index contributed by atoms with van der Waals surface area (Å²) in [5.41, 5.74) is 2.27. The van der Waals surface area contributed by atoms with E-state index in [4.69, 9.17) is 4.74 Å². The predicted octanol–water partition coefficient (Wildman–Crippen LogP) is 2.28.